The van der Waals surface area contributed by atoms with Crippen molar-refractivity contribution in [3.05, 3.63) is 29.3 Å². The van der Waals surface area contributed by atoms with Gasteiger partial charge >= 0.3 is 6.09 Å². The third-order valence-corrected chi connectivity index (χ3v) is 1.72. The standard InChI is InChI=1S/C10H12NO2.W/c1-7-4-5-9(8(2)6-7)11-10(12)13-3;/h5-6H,1-3H3,(H,11,12);/q-1;. The summed E-state index contributed by atoms with van der Waals surface area (Å²) in [5, 5.41) is 2.59. The van der Waals surface area contributed by atoms with E-state index >= 15 is 0 Å². The molecule has 0 aliphatic rings. The van der Waals surface area contributed by atoms with E-state index < -0.39 is 6.09 Å². The molecule has 0 aromatic heterocycles. The Balaban J connectivity index is 0.00000169. The summed E-state index contributed by atoms with van der Waals surface area (Å²) in [6.45, 7) is 3.88. The minimum absolute atomic E-state index is 0. The number of carbonyl (C=O) groups excluding carboxylic acids is 1. The third-order valence-electron chi connectivity index (χ3n) is 1.72. The first-order valence-corrected chi connectivity index (χ1v) is 3.97. The molecule has 14 heavy (non-hydrogen) atoms. The first kappa shape index (κ1) is 13.2. The van der Waals surface area contributed by atoms with Crippen molar-refractivity contribution in [3.8, 4) is 0 Å². The van der Waals surface area contributed by atoms with E-state index in [-0.39, 0.29) is 21.1 Å². The molecule has 1 aromatic rings. The fourth-order valence-electron chi connectivity index (χ4n) is 1.04. The number of amides is 1. The Bertz CT molecular complexity index is 326. The number of nitrogens with one attached hydrogen (secondary N) is 1. The van der Waals surface area contributed by atoms with Crippen molar-refractivity contribution >= 4 is 11.8 Å². The van der Waals surface area contributed by atoms with Crippen LogP contribution in [-0.4, -0.2) is 13.2 Å². The minimum atomic E-state index is -0.458. The van der Waals surface area contributed by atoms with Gasteiger partial charge in [0.15, 0.2) is 0 Å². The second-order valence-corrected chi connectivity index (χ2v) is 2.83. The third kappa shape index (κ3) is 3.50. The molecule has 1 amide bonds. The van der Waals surface area contributed by atoms with Crippen LogP contribution in [0.1, 0.15) is 11.1 Å². The van der Waals surface area contributed by atoms with Gasteiger partial charge in [-0.15, -0.1) is 5.56 Å². The van der Waals surface area contributed by atoms with Crippen LogP contribution in [0, 0.1) is 19.9 Å². The zero-order valence-electron chi connectivity index (χ0n) is 8.38. The molecule has 0 atom stereocenters. The van der Waals surface area contributed by atoms with Crippen molar-refractivity contribution < 1.29 is 30.6 Å². The molecule has 0 unspecified atom stereocenters. The van der Waals surface area contributed by atoms with Crippen molar-refractivity contribution in [1.29, 1.82) is 0 Å². The number of ether oxygens (including phenoxy) is 1. The van der Waals surface area contributed by atoms with Gasteiger partial charge in [-0.1, -0.05) is 19.5 Å². The summed E-state index contributed by atoms with van der Waals surface area (Å²) in [6.07, 6.45) is -0.458. The molecule has 0 aliphatic carbocycles. The Hall–Kier alpha value is -0.822. The van der Waals surface area contributed by atoms with Crippen LogP contribution in [0.25, 0.3) is 0 Å². The molecule has 3 nitrogen and oxygen atoms in total. The van der Waals surface area contributed by atoms with E-state index in [9.17, 15) is 4.79 Å². The molecule has 1 rings (SSSR count). The maximum Gasteiger partial charge on any atom is 0.400 e. The number of hydrogen-bond donors (Lipinski definition) is 1. The predicted octanol–water partition coefficient (Wildman–Crippen LogP) is 2.28. The summed E-state index contributed by atoms with van der Waals surface area (Å²) in [6, 6.07) is 6.69. The molecule has 0 aliphatic heterocycles. The summed E-state index contributed by atoms with van der Waals surface area (Å²) in [7, 11) is 1.34. The number of anilines is 1. The molecule has 0 heterocycles. The van der Waals surface area contributed by atoms with E-state index in [0.717, 1.165) is 16.8 Å². The summed E-state index contributed by atoms with van der Waals surface area (Å²) < 4.78 is 4.48. The van der Waals surface area contributed by atoms with E-state index in [0.29, 0.717) is 0 Å². The van der Waals surface area contributed by atoms with Crippen molar-refractivity contribution in [3.63, 3.8) is 0 Å². The molecule has 0 radical (unpaired) electrons. The molecular formula is C10H12NO2W-. The van der Waals surface area contributed by atoms with E-state index in [1.165, 1.54) is 7.11 Å². The average molecular weight is 362 g/mol. The SMILES string of the molecule is COC(=O)Nc1c[c-]c(C)cc1C.[W]. The first-order chi connectivity index (χ1) is 6.13. The van der Waals surface area contributed by atoms with Gasteiger partial charge in [-0.25, -0.2) is 4.79 Å². The molecule has 1 aromatic carbocycles. The Morgan fingerprint density at radius 2 is 2.14 bits per heavy atom. The summed E-state index contributed by atoms with van der Waals surface area (Å²) in [4.78, 5) is 10.9. The predicted molar refractivity (Wildman–Crippen MR) is 50.8 cm³/mol. The molecule has 0 fully saturated rings. The summed E-state index contributed by atoms with van der Waals surface area (Å²) >= 11 is 0. The average Bonchev–Trinajstić information content (AvgIpc) is 2.09. The van der Waals surface area contributed by atoms with Crippen molar-refractivity contribution in [1.82, 2.24) is 0 Å². The molecule has 0 bridgehead atoms. The summed E-state index contributed by atoms with van der Waals surface area (Å²) in [5.41, 5.74) is 2.78. The number of hydrogen-bond acceptors (Lipinski definition) is 2. The van der Waals surface area contributed by atoms with Crippen LogP contribution in [0.5, 0.6) is 0 Å². The second-order valence-electron chi connectivity index (χ2n) is 2.83. The Morgan fingerprint density at radius 1 is 1.50 bits per heavy atom. The zero-order chi connectivity index (χ0) is 9.84. The van der Waals surface area contributed by atoms with Crippen LogP contribution in [0.15, 0.2) is 12.1 Å². The number of carbonyl (C=O) groups is 1. The minimum Gasteiger partial charge on any atom is -0.453 e. The van der Waals surface area contributed by atoms with Crippen LogP contribution < -0.4 is 5.32 Å². The van der Waals surface area contributed by atoms with Gasteiger partial charge in [0.2, 0.25) is 0 Å². The van der Waals surface area contributed by atoms with Crippen molar-refractivity contribution in [2.45, 2.75) is 13.8 Å². The number of methoxy groups -OCH3 is 1. The van der Waals surface area contributed by atoms with Gasteiger partial charge in [-0.05, 0) is 0 Å². The molecular weight excluding hydrogens is 350 g/mol. The smallest absolute Gasteiger partial charge is 0.400 e. The van der Waals surface area contributed by atoms with E-state index in [1.54, 1.807) is 6.07 Å². The molecule has 0 saturated heterocycles. The van der Waals surface area contributed by atoms with E-state index in [1.807, 2.05) is 19.9 Å². The van der Waals surface area contributed by atoms with Gasteiger partial charge in [-0.3, -0.25) is 0 Å². The molecule has 76 valence electrons. The number of rotatable bonds is 1. The maximum atomic E-state index is 10.9. The quantitative estimate of drug-likeness (QED) is 0.779. The van der Waals surface area contributed by atoms with E-state index in [2.05, 4.69) is 16.1 Å². The van der Waals surface area contributed by atoms with Crippen molar-refractivity contribution in [2.24, 2.45) is 0 Å². The normalized spacial score (nSPS) is 8.79. The molecule has 0 spiro atoms. The van der Waals surface area contributed by atoms with Crippen LogP contribution >= 0.6 is 0 Å². The molecule has 0 saturated carbocycles. The van der Waals surface area contributed by atoms with Crippen LogP contribution in [-0.2, 0) is 25.8 Å². The van der Waals surface area contributed by atoms with Crippen LogP contribution in [0.2, 0.25) is 0 Å². The van der Waals surface area contributed by atoms with Crippen LogP contribution in [0.3, 0.4) is 0 Å². The van der Waals surface area contributed by atoms with Crippen LogP contribution in [0.4, 0.5) is 10.5 Å². The number of aryl methyl sites for hydroxylation is 2. The Kier molecular flexibility index (Phi) is 5.47. The van der Waals surface area contributed by atoms with E-state index in [4.69, 9.17) is 0 Å². The number of benzene rings is 1. The second kappa shape index (κ2) is 5.81. The summed E-state index contributed by atoms with van der Waals surface area (Å²) in [5.74, 6) is 0. The Labute approximate surface area is 98.1 Å². The fourth-order valence-corrected chi connectivity index (χ4v) is 1.04. The van der Waals surface area contributed by atoms with Gasteiger partial charge in [0.05, 0.1) is 7.11 Å². The molecule has 4 heteroatoms. The topological polar surface area (TPSA) is 38.3 Å². The first-order valence-electron chi connectivity index (χ1n) is 3.97. The largest absolute Gasteiger partial charge is 0.453 e. The monoisotopic (exact) mass is 362 g/mol. The van der Waals surface area contributed by atoms with Gasteiger partial charge in [0, 0.05) is 21.1 Å². The molecule has 1 N–H and O–H groups in total. The van der Waals surface area contributed by atoms with Gasteiger partial charge in [-0.2, -0.15) is 23.8 Å². The Morgan fingerprint density at radius 3 is 2.64 bits per heavy atom. The van der Waals surface area contributed by atoms with Gasteiger partial charge in [0.25, 0.3) is 0 Å². The fraction of sp³-hybridized carbons (Fsp3) is 0.300. The van der Waals surface area contributed by atoms with Crippen molar-refractivity contribution in [2.75, 3.05) is 12.4 Å². The van der Waals surface area contributed by atoms with Gasteiger partial charge < -0.3 is 10.1 Å². The zero-order valence-corrected chi connectivity index (χ0v) is 11.3. The maximum absolute atomic E-state index is 10.9. The van der Waals surface area contributed by atoms with Gasteiger partial charge in [0.1, 0.15) is 0 Å².